The summed E-state index contributed by atoms with van der Waals surface area (Å²) in [6.45, 7) is -0.406. The number of rotatable bonds is 1. The molecule has 0 unspecified atom stereocenters. The summed E-state index contributed by atoms with van der Waals surface area (Å²) in [5.74, 6) is -1.53. The summed E-state index contributed by atoms with van der Waals surface area (Å²) in [5.41, 5.74) is 0.0972. The standard InChI is InChI=1S/C7H6FO2/c8-6-3-1-2-5(4-9)7(6)10/h1-3,9H,4H2. The van der Waals surface area contributed by atoms with Crippen LogP contribution >= 0.6 is 0 Å². The maximum Gasteiger partial charge on any atom is 0.219 e. The summed E-state index contributed by atoms with van der Waals surface area (Å²) >= 11 is 0. The van der Waals surface area contributed by atoms with Crippen LogP contribution in [0.4, 0.5) is 4.39 Å². The average molecular weight is 141 g/mol. The van der Waals surface area contributed by atoms with Gasteiger partial charge in [-0.1, -0.05) is 12.1 Å². The van der Waals surface area contributed by atoms with Gasteiger partial charge in [-0.15, -0.1) is 0 Å². The molecule has 2 nitrogen and oxygen atoms in total. The Morgan fingerprint density at radius 2 is 2.20 bits per heavy atom. The molecule has 1 aromatic carbocycles. The highest BCUT2D eigenvalue weighted by Gasteiger charge is 2.05. The molecule has 0 amide bonds. The van der Waals surface area contributed by atoms with Crippen LogP contribution in [0.2, 0.25) is 0 Å². The molecule has 0 spiro atoms. The van der Waals surface area contributed by atoms with Gasteiger partial charge in [-0.25, -0.2) is 4.39 Å². The first kappa shape index (κ1) is 7.02. The van der Waals surface area contributed by atoms with Gasteiger partial charge < -0.3 is 5.11 Å². The molecule has 1 radical (unpaired) electrons. The molecule has 0 aliphatic carbocycles. The van der Waals surface area contributed by atoms with Crippen molar-refractivity contribution in [2.24, 2.45) is 0 Å². The number of benzene rings is 1. The van der Waals surface area contributed by atoms with Crippen LogP contribution in [-0.4, -0.2) is 5.11 Å². The fourth-order valence-corrected chi connectivity index (χ4v) is 0.678. The summed E-state index contributed by atoms with van der Waals surface area (Å²) in [6.07, 6.45) is 0. The van der Waals surface area contributed by atoms with Crippen LogP contribution in [-0.2, 0) is 11.7 Å². The fraction of sp³-hybridized carbons (Fsp3) is 0.143. The fourth-order valence-electron chi connectivity index (χ4n) is 0.678. The molecule has 1 rings (SSSR count). The highest BCUT2D eigenvalue weighted by molar-refractivity contribution is 5.32. The van der Waals surface area contributed by atoms with Crippen molar-refractivity contribution in [3.63, 3.8) is 0 Å². The number of hydrogen-bond donors (Lipinski definition) is 1. The SMILES string of the molecule is [O]c1c(F)cccc1CO. The molecule has 1 N–H and O–H groups in total. The van der Waals surface area contributed by atoms with Gasteiger partial charge >= 0.3 is 0 Å². The Morgan fingerprint density at radius 3 is 2.70 bits per heavy atom. The lowest BCUT2D eigenvalue weighted by Gasteiger charge is -1.96. The van der Waals surface area contributed by atoms with E-state index in [2.05, 4.69) is 0 Å². The average Bonchev–Trinajstić information content (AvgIpc) is 1.95. The van der Waals surface area contributed by atoms with Crippen LogP contribution < -0.4 is 0 Å². The van der Waals surface area contributed by atoms with Gasteiger partial charge in [-0.05, 0) is 6.07 Å². The normalized spacial score (nSPS) is 9.80. The van der Waals surface area contributed by atoms with Gasteiger partial charge in [0, 0.05) is 5.56 Å². The van der Waals surface area contributed by atoms with Crippen molar-refractivity contribution in [3.05, 3.63) is 29.6 Å². The summed E-state index contributed by atoms with van der Waals surface area (Å²) in [7, 11) is 0. The molecular formula is C7H6FO2. The third-order valence-corrected chi connectivity index (χ3v) is 1.22. The van der Waals surface area contributed by atoms with Crippen molar-refractivity contribution in [1.82, 2.24) is 0 Å². The largest absolute Gasteiger partial charge is 0.392 e. The van der Waals surface area contributed by atoms with E-state index in [0.717, 1.165) is 6.07 Å². The van der Waals surface area contributed by atoms with Crippen LogP contribution in [0.3, 0.4) is 0 Å². The summed E-state index contributed by atoms with van der Waals surface area (Å²) < 4.78 is 12.3. The molecule has 0 saturated carbocycles. The molecule has 0 fully saturated rings. The van der Waals surface area contributed by atoms with Gasteiger partial charge in [-0.2, -0.15) is 0 Å². The van der Waals surface area contributed by atoms with E-state index in [1.807, 2.05) is 0 Å². The van der Waals surface area contributed by atoms with E-state index in [1.165, 1.54) is 12.1 Å². The van der Waals surface area contributed by atoms with E-state index < -0.39 is 18.2 Å². The molecule has 0 atom stereocenters. The van der Waals surface area contributed by atoms with Gasteiger partial charge in [0.1, 0.15) is 0 Å². The molecule has 3 heteroatoms. The Labute approximate surface area is 57.6 Å². The zero-order valence-corrected chi connectivity index (χ0v) is 5.17. The third kappa shape index (κ3) is 1.09. The second-order valence-electron chi connectivity index (χ2n) is 1.89. The smallest absolute Gasteiger partial charge is 0.219 e. The minimum absolute atomic E-state index is 0.0972. The van der Waals surface area contributed by atoms with E-state index in [9.17, 15) is 9.50 Å². The molecule has 0 aromatic heterocycles. The Bertz CT molecular complexity index is 235. The van der Waals surface area contributed by atoms with Crippen LogP contribution in [0.5, 0.6) is 5.75 Å². The Balaban J connectivity index is 3.14. The number of aliphatic hydroxyl groups excluding tert-OH is 1. The number of para-hydroxylation sites is 1. The molecule has 0 heterocycles. The van der Waals surface area contributed by atoms with Crippen LogP contribution in [0.1, 0.15) is 5.56 Å². The van der Waals surface area contributed by atoms with Crippen LogP contribution in [0, 0.1) is 5.82 Å². The van der Waals surface area contributed by atoms with Gasteiger partial charge in [-0.3, -0.25) is 5.11 Å². The zero-order valence-electron chi connectivity index (χ0n) is 5.17. The van der Waals surface area contributed by atoms with Crippen molar-refractivity contribution >= 4 is 0 Å². The number of halogens is 1. The molecule has 10 heavy (non-hydrogen) atoms. The molecule has 0 bridgehead atoms. The maximum absolute atomic E-state index is 12.3. The topological polar surface area (TPSA) is 40.1 Å². The summed E-state index contributed by atoms with van der Waals surface area (Å²) in [4.78, 5) is 0. The third-order valence-electron chi connectivity index (χ3n) is 1.22. The van der Waals surface area contributed by atoms with Crippen LogP contribution in [0.15, 0.2) is 18.2 Å². The van der Waals surface area contributed by atoms with E-state index in [-0.39, 0.29) is 5.56 Å². The highest BCUT2D eigenvalue weighted by atomic mass is 19.1. The van der Waals surface area contributed by atoms with E-state index >= 15 is 0 Å². The predicted octanol–water partition coefficient (Wildman–Crippen LogP) is 1.46. The second kappa shape index (κ2) is 2.66. The van der Waals surface area contributed by atoms with Crippen molar-refractivity contribution in [3.8, 4) is 5.75 Å². The van der Waals surface area contributed by atoms with Gasteiger partial charge in [0.05, 0.1) is 6.61 Å². The number of aliphatic hydroxyl groups is 1. The van der Waals surface area contributed by atoms with Crippen molar-refractivity contribution in [2.45, 2.75) is 6.61 Å². The van der Waals surface area contributed by atoms with Gasteiger partial charge in [0.2, 0.25) is 5.75 Å². The first-order valence-corrected chi connectivity index (χ1v) is 2.81. The Hall–Kier alpha value is -1.09. The quantitative estimate of drug-likeness (QED) is 0.631. The Morgan fingerprint density at radius 1 is 1.50 bits per heavy atom. The van der Waals surface area contributed by atoms with Gasteiger partial charge in [0.15, 0.2) is 5.82 Å². The zero-order chi connectivity index (χ0) is 7.56. The molecular weight excluding hydrogens is 135 g/mol. The first-order chi connectivity index (χ1) is 4.75. The Kier molecular flexibility index (Phi) is 1.87. The lowest BCUT2D eigenvalue weighted by molar-refractivity contribution is 0.260. The number of hydrogen-bond acceptors (Lipinski definition) is 1. The predicted molar refractivity (Wildman–Crippen MR) is 32.5 cm³/mol. The maximum atomic E-state index is 12.3. The monoisotopic (exact) mass is 141 g/mol. The first-order valence-electron chi connectivity index (χ1n) is 2.81. The molecule has 0 aliphatic rings. The molecule has 0 saturated heterocycles. The van der Waals surface area contributed by atoms with Crippen molar-refractivity contribution in [1.29, 1.82) is 0 Å². The van der Waals surface area contributed by atoms with E-state index in [4.69, 9.17) is 5.11 Å². The molecule has 0 aliphatic heterocycles. The minimum atomic E-state index is -0.813. The highest BCUT2D eigenvalue weighted by Crippen LogP contribution is 2.20. The molecule has 53 valence electrons. The van der Waals surface area contributed by atoms with Crippen molar-refractivity contribution in [2.75, 3.05) is 0 Å². The minimum Gasteiger partial charge on any atom is -0.392 e. The van der Waals surface area contributed by atoms with E-state index in [1.54, 1.807) is 0 Å². The lowest BCUT2D eigenvalue weighted by Crippen LogP contribution is -1.84. The second-order valence-corrected chi connectivity index (χ2v) is 1.89. The lowest BCUT2D eigenvalue weighted by atomic mass is 10.2. The summed E-state index contributed by atoms with van der Waals surface area (Å²) in [5, 5.41) is 19.1. The van der Waals surface area contributed by atoms with Gasteiger partial charge in [0.25, 0.3) is 0 Å². The summed E-state index contributed by atoms with van der Waals surface area (Å²) in [6, 6.07) is 3.86. The van der Waals surface area contributed by atoms with Crippen molar-refractivity contribution < 1.29 is 14.6 Å². The molecule has 1 aromatic rings. The van der Waals surface area contributed by atoms with E-state index in [0.29, 0.717) is 0 Å². The van der Waals surface area contributed by atoms with Crippen LogP contribution in [0.25, 0.3) is 0 Å².